The summed E-state index contributed by atoms with van der Waals surface area (Å²) < 4.78 is 11.3. The van der Waals surface area contributed by atoms with Crippen LogP contribution >= 0.6 is 11.6 Å². The molecule has 3 atom stereocenters. The van der Waals surface area contributed by atoms with E-state index in [2.05, 4.69) is 13.8 Å². The van der Waals surface area contributed by atoms with Gasteiger partial charge in [-0.15, -0.1) is 11.6 Å². The molecule has 0 spiro atoms. The molecule has 1 aliphatic heterocycles. The van der Waals surface area contributed by atoms with Crippen molar-refractivity contribution in [3.63, 3.8) is 0 Å². The fraction of sp³-hybridized carbons (Fsp3) is 1.00. The molecular formula is C11H21ClO2. The Morgan fingerprint density at radius 2 is 2.14 bits per heavy atom. The van der Waals surface area contributed by atoms with Gasteiger partial charge in [-0.25, -0.2) is 0 Å². The number of hydrogen-bond acceptors (Lipinski definition) is 2. The lowest BCUT2D eigenvalue weighted by Crippen LogP contribution is -2.39. The Morgan fingerprint density at radius 3 is 2.79 bits per heavy atom. The van der Waals surface area contributed by atoms with Crippen LogP contribution in [-0.2, 0) is 9.47 Å². The van der Waals surface area contributed by atoms with Crippen LogP contribution in [0.15, 0.2) is 0 Å². The quantitative estimate of drug-likeness (QED) is 0.524. The molecule has 0 bridgehead atoms. The van der Waals surface area contributed by atoms with Crippen LogP contribution < -0.4 is 0 Å². The zero-order valence-electron chi connectivity index (χ0n) is 9.17. The Hall–Kier alpha value is 0.210. The van der Waals surface area contributed by atoms with E-state index in [0.29, 0.717) is 11.8 Å². The summed E-state index contributed by atoms with van der Waals surface area (Å²) in [4.78, 5) is 0. The number of halogens is 1. The number of hydrogen-bond donors (Lipinski definition) is 0. The molecule has 1 saturated heterocycles. The molecule has 0 saturated carbocycles. The molecule has 0 aromatic rings. The monoisotopic (exact) mass is 220 g/mol. The molecule has 0 radical (unpaired) electrons. The molecule has 0 N–H and O–H groups in total. The summed E-state index contributed by atoms with van der Waals surface area (Å²) in [7, 11) is 0. The molecule has 2 nitrogen and oxygen atoms in total. The van der Waals surface area contributed by atoms with Crippen LogP contribution in [0.2, 0.25) is 0 Å². The van der Waals surface area contributed by atoms with E-state index >= 15 is 0 Å². The lowest BCUT2D eigenvalue weighted by atomic mass is 10.1. The second-order valence-electron chi connectivity index (χ2n) is 4.06. The van der Waals surface area contributed by atoms with Crippen LogP contribution in [0.5, 0.6) is 0 Å². The largest absolute Gasteiger partial charge is 0.352 e. The van der Waals surface area contributed by atoms with Crippen LogP contribution in [0.25, 0.3) is 0 Å². The highest BCUT2D eigenvalue weighted by Gasteiger charge is 2.27. The van der Waals surface area contributed by atoms with Crippen molar-refractivity contribution in [3.8, 4) is 0 Å². The van der Waals surface area contributed by atoms with E-state index in [-0.39, 0.29) is 12.4 Å². The van der Waals surface area contributed by atoms with E-state index < -0.39 is 0 Å². The zero-order valence-corrected chi connectivity index (χ0v) is 9.93. The lowest BCUT2D eigenvalue weighted by molar-refractivity contribution is -0.230. The number of unbranched alkanes of at least 4 members (excludes halogenated alkanes) is 2. The van der Waals surface area contributed by atoms with Crippen LogP contribution in [0, 0.1) is 5.92 Å². The van der Waals surface area contributed by atoms with Crippen LogP contribution in [0.1, 0.15) is 39.5 Å². The number of rotatable bonds is 5. The average molecular weight is 221 g/mol. The highest BCUT2D eigenvalue weighted by Crippen LogP contribution is 2.22. The van der Waals surface area contributed by atoms with Crippen molar-refractivity contribution in [1.29, 1.82) is 0 Å². The Labute approximate surface area is 91.9 Å². The topological polar surface area (TPSA) is 18.5 Å². The number of alkyl halides is 1. The predicted octanol–water partition coefficient (Wildman–Crippen LogP) is 3.18. The zero-order chi connectivity index (χ0) is 10.4. The standard InChI is InChI=1S/C11H21ClO2/c1-3-4-5-6-11-13-8-9(2)10(7-12)14-11/h9-11H,3-8H2,1-2H3. The van der Waals surface area contributed by atoms with Gasteiger partial charge in [-0.2, -0.15) is 0 Å². The summed E-state index contributed by atoms with van der Waals surface area (Å²) in [6.07, 6.45) is 4.85. The summed E-state index contributed by atoms with van der Waals surface area (Å²) in [6.45, 7) is 5.11. The predicted molar refractivity (Wildman–Crippen MR) is 58.6 cm³/mol. The summed E-state index contributed by atoms with van der Waals surface area (Å²) >= 11 is 5.82. The van der Waals surface area contributed by atoms with Gasteiger partial charge in [0.05, 0.1) is 12.7 Å². The Morgan fingerprint density at radius 1 is 1.36 bits per heavy atom. The second kappa shape index (κ2) is 6.65. The smallest absolute Gasteiger partial charge is 0.158 e. The maximum Gasteiger partial charge on any atom is 0.158 e. The third kappa shape index (κ3) is 3.76. The van der Waals surface area contributed by atoms with E-state index in [0.717, 1.165) is 13.0 Å². The second-order valence-corrected chi connectivity index (χ2v) is 4.37. The van der Waals surface area contributed by atoms with Crippen molar-refractivity contribution in [2.24, 2.45) is 5.92 Å². The summed E-state index contributed by atoms with van der Waals surface area (Å²) in [5.74, 6) is 1.00. The molecular weight excluding hydrogens is 200 g/mol. The SMILES string of the molecule is CCCCCC1OCC(C)C(CCl)O1. The maximum atomic E-state index is 5.82. The highest BCUT2D eigenvalue weighted by atomic mass is 35.5. The molecule has 14 heavy (non-hydrogen) atoms. The van der Waals surface area contributed by atoms with E-state index in [1.807, 2.05) is 0 Å². The first-order chi connectivity index (χ1) is 6.77. The van der Waals surface area contributed by atoms with Gasteiger partial charge in [0.15, 0.2) is 6.29 Å². The van der Waals surface area contributed by atoms with Crippen molar-refractivity contribution < 1.29 is 9.47 Å². The van der Waals surface area contributed by atoms with Crippen molar-refractivity contribution >= 4 is 11.6 Å². The first kappa shape index (κ1) is 12.3. The summed E-state index contributed by atoms with van der Waals surface area (Å²) in [6, 6.07) is 0. The molecule has 1 heterocycles. The molecule has 1 aliphatic rings. The molecule has 84 valence electrons. The van der Waals surface area contributed by atoms with Gasteiger partial charge in [0.2, 0.25) is 0 Å². The molecule has 0 aromatic carbocycles. The fourth-order valence-electron chi connectivity index (χ4n) is 1.64. The van der Waals surface area contributed by atoms with Crippen LogP contribution in [-0.4, -0.2) is 24.9 Å². The molecule has 1 rings (SSSR count). The van der Waals surface area contributed by atoms with Gasteiger partial charge >= 0.3 is 0 Å². The molecule has 3 unspecified atom stereocenters. The van der Waals surface area contributed by atoms with Crippen molar-refractivity contribution in [1.82, 2.24) is 0 Å². The molecule has 3 heteroatoms. The molecule has 0 aromatic heterocycles. The minimum Gasteiger partial charge on any atom is -0.352 e. The van der Waals surface area contributed by atoms with Gasteiger partial charge in [-0.05, 0) is 12.8 Å². The first-order valence-corrected chi connectivity index (χ1v) is 6.14. The van der Waals surface area contributed by atoms with Gasteiger partial charge in [0.1, 0.15) is 0 Å². The van der Waals surface area contributed by atoms with Gasteiger partial charge in [0.25, 0.3) is 0 Å². The minimum absolute atomic E-state index is 0.0125. The maximum absolute atomic E-state index is 5.82. The third-order valence-corrected chi connectivity index (χ3v) is 3.01. The van der Waals surface area contributed by atoms with Gasteiger partial charge < -0.3 is 9.47 Å². The molecule has 0 amide bonds. The van der Waals surface area contributed by atoms with Crippen molar-refractivity contribution in [2.75, 3.05) is 12.5 Å². The van der Waals surface area contributed by atoms with Gasteiger partial charge in [0, 0.05) is 11.8 Å². The fourth-order valence-corrected chi connectivity index (χ4v) is 2.01. The van der Waals surface area contributed by atoms with E-state index in [1.54, 1.807) is 0 Å². The first-order valence-electron chi connectivity index (χ1n) is 5.61. The third-order valence-electron chi connectivity index (χ3n) is 2.70. The Kier molecular flexibility index (Phi) is 5.83. The van der Waals surface area contributed by atoms with Crippen molar-refractivity contribution in [3.05, 3.63) is 0 Å². The molecule has 1 fully saturated rings. The van der Waals surface area contributed by atoms with E-state index in [9.17, 15) is 0 Å². The van der Waals surface area contributed by atoms with Gasteiger partial charge in [-0.3, -0.25) is 0 Å². The minimum atomic E-state index is -0.0125. The van der Waals surface area contributed by atoms with E-state index in [4.69, 9.17) is 21.1 Å². The number of ether oxygens (including phenoxy) is 2. The Bertz CT molecular complexity index is 152. The normalized spacial score (nSPS) is 33.2. The van der Waals surface area contributed by atoms with Crippen LogP contribution in [0.3, 0.4) is 0 Å². The Balaban J connectivity index is 2.21. The average Bonchev–Trinajstić information content (AvgIpc) is 2.21. The van der Waals surface area contributed by atoms with Crippen molar-refractivity contribution in [2.45, 2.75) is 51.9 Å². The summed E-state index contributed by atoms with van der Waals surface area (Å²) in [5.41, 5.74) is 0. The van der Waals surface area contributed by atoms with Crippen LogP contribution in [0.4, 0.5) is 0 Å². The highest BCUT2D eigenvalue weighted by molar-refractivity contribution is 6.18. The summed E-state index contributed by atoms with van der Waals surface area (Å²) in [5, 5.41) is 0. The van der Waals surface area contributed by atoms with E-state index in [1.165, 1.54) is 19.3 Å². The molecule has 0 aliphatic carbocycles. The van der Waals surface area contributed by atoms with Gasteiger partial charge in [-0.1, -0.05) is 26.7 Å². The lowest BCUT2D eigenvalue weighted by Gasteiger charge is -2.33.